The van der Waals surface area contributed by atoms with Gasteiger partial charge in [-0.1, -0.05) is 13.8 Å². The Morgan fingerprint density at radius 3 is 2.82 bits per heavy atom. The van der Waals surface area contributed by atoms with Crippen LogP contribution in [0, 0.1) is 5.92 Å². The first-order valence-electron chi connectivity index (χ1n) is 4.73. The Morgan fingerprint density at radius 2 is 2.36 bits per heavy atom. The molecule has 0 amide bonds. The monoisotopic (exact) mass is 154 g/mol. The van der Waals surface area contributed by atoms with Gasteiger partial charge in [0.05, 0.1) is 0 Å². The summed E-state index contributed by atoms with van der Waals surface area (Å²) in [5.41, 5.74) is 0. The van der Waals surface area contributed by atoms with Gasteiger partial charge in [0.25, 0.3) is 0 Å². The second-order valence-electron chi connectivity index (χ2n) is 4.34. The Bertz CT molecular complexity index is 144. The zero-order chi connectivity index (χ0) is 7.84. The van der Waals surface area contributed by atoms with E-state index in [9.17, 15) is 0 Å². The van der Waals surface area contributed by atoms with Gasteiger partial charge in [-0.15, -0.1) is 0 Å². The van der Waals surface area contributed by atoms with E-state index in [1.807, 2.05) is 0 Å². The van der Waals surface area contributed by atoms with Crippen molar-refractivity contribution in [3.05, 3.63) is 0 Å². The SMILES string of the molecule is CC(C)CN1C[C@@H]2CC1CN2. The molecule has 0 aromatic rings. The van der Waals surface area contributed by atoms with E-state index in [0.717, 1.165) is 18.0 Å². The first-order valence-corrected chi connectivity index (χ1v) is 4.73. The van der Waals surface area contributed by atoms with Crippen LogP contribution in [0.3, 0.4) is 0 Å². The largest absolute Gasteiger partial charge is 0.311 e. The number of likely N-dealkylation sites (tertiary alicyclic amines) is 1. The first kappa shape index (κ1) is 7.56. The molecule has 0 radical (unpaired) electrons. The Morgan fingerprint density at radius 1 is 1.55 bits per heavy atom. The average Bonchev–Trinajstić information content (AvgIpc) is 2.45. The third-order valence-electron chi connectivity index (χ3n) is 2.77. The van der Waals surface area contributed by atoms with Crippen LogP contribution in [0.5, 0.6) is 0 Å². The molecule has 0 saturated carbocycles. The van der Waals surface area contributed by atoms with Crippen molar-refractivity contribution in [3.8, 4) is 0 Å². The van der Waals surface area contributed by atoms with E-state index in [1.54, 1.807) is 0 Å². The molecular weight excluding hydrogens is 136 g/mol. The third kappa shape index (κ3) is 1.42. The number of nitrogens with one attached hydrogen (secondary N) is 1. The number of rotatable bonds is 2. The number of piperazine rings is 1. The number of nitrogens with zero attached hydrogens (tertiary/aromatic N) is 1. The van der Waals surface area contributed by atoms with Gasteiger partial charge in [0.15, 0.2) is 0 Å². The molecule has 0 aromatic heterocycles. The van der Waals surface area contributed by atoms with Crippen LogP contribution in [0.4, 0.5) is 0 Å². The van der Waals surface area contributed by atoms with Crippen LogP contribution >= 0.6 is 0 Å². The Balaban J connectivity index is 1.87. The molecule has 2 aliphatic heterocycles. The van der Waals surface area contributed by atoms with Crippen LogP contribution in [0.2, 0.25) is 0 Å². The van der Waals surface area contributed by atoms with E-state index < -0.39 is 0 Å². The second-order valence-corrected chi connectivity index (χ2v) is 4.34. The Hall–Kier alpha value is -0.0800. The average molecular weight is 154 g/mol. The van der Waals surface area contributed by atoms with Crippen LogP contribution < -0.4 is 5.32 Å². The molecule has 2 atom stereocenters. The van der Waals surface area contributed by atoms with Crippen LogP contribution in [0.1, 0.15) is 20.3 Å². The summed E-state index contributed by atoms with van der Waals surface area (Å²) in [6.45, 7) is 8.43. The number of hydrogen-bond donors (Lipinski definition) is 1. The quantitative estimate of drug-likeness (QED) is 0.629. The fourth-order valence-electron chi connectivity index (χ4n) is 2.34. The minimum absolute atomic E-state index is 0.818. The van der Waals surface area contributed by atoms with Gasteiger partial charge in [0.2, 0.25) is 0 Å². The van der Waals surface area contributed by atoms with Gasteiger partial charge in [-0.05, 0) is 12.3 Å². The van der Waals surface area contributed by atoms with E-state index in [-0.39, 0.29) is 0 Å². The Labute approximate surface area is 69.0 Å². The van der Waals surface area contributed by atoms with Crippen molar-refractivity contribution < 1.29 is 0 Å². The van der Waals surface area contributed by atoms with Gasteiger partial charge < -0.3 is 5.32 Å². The highest BCUT2D eigenvalue weighted by atomic mass is 15.3. The molecule has 2 nitrogen and oxygen atoms in total. The number of hydrogen-bond acceptors (Lipinski definition) is 2. The van der Waals surface area contributed by atoms with Gasteiger partial charge in [-0.25, -0.2) is 0 Å². The normalized spacial score (nSPS) is 37.4. The summed E-state index contributed by atoms with van der Waals surface area (Å²) in [5, 5.41) is 3.52. The lowest BCUT2D eigenvalue weighted by Gasteiger charge is -2.28. The standard InChI is InChI=1S/C9H18N2/c1-7(2)5-11-6-8-3-9(11)4-10-8/h7-10H,3-6H2,1-2H3/t8-,9?/m0/s1. The molecule has 2 heterocycles. The van der Waals surface area contributed by atoms with E-state index in [4.69, 9.17) is 0 Å². The molecule has 2 heteroatoms. The van der Waals surface area contributed by atoms with Crippen molar-refractivity contribution in [2.75, 3.05) is 19.6 Å². The molecule has 2 bridgehead atoms. The molecule has 2 aliphatic rings. The Kier molecular flexibility index (Phi) is 1.90. The van der Waals surface area contributed by atoms with Crippen molar-refractivity contribution in [2.24, 2.45) is 5.92 Å². The van der Waals surface area contributed by atoms with Crippen LogP contribution in [-0.2, 0) is 0 Å². The van der Waals surface area contributed by atoms with Crippen molar-refractivity contribution in [1.82, 2.24) is 10.2 Å². The minimum atomic E-state index is 0.818. The lowest BCUT2D eigenvalue weighted by Crippen LogP contribution is -2.44. The van der Waals surface area contributed by atoms with Crippen LogP contribution in [0.25, 0.3) is 0 Å². The molecule has 2 rings (SSSR count). The highest BCUT2D eigenvalue weighted by Gasteiger charge is 2.37. The molecule has 2 saturated heterocycles. The number of fused-ring (bicyclic) bond motifs is 2. The van der Waals surface area contributed by atoms with Gasteiger partial charge in [0.1, 0.15) is 0 Å². The van der Waals surface area contributed by atoms with Gasteiger partial charge in [-0.2, -0.15) is 0 Å². The van der Waals surface area contributed by atoms with Crippen molar-refractivity contribution in [3.63, 3.8) is 0 Å². The van der Waals surface area contributed by atoms with Crippen LogP contribution in [0.15, 0.2) is 0 Å². The summed E-state index contributed by atoms with van der Waals surface area (Å²) in [5.74, 6) is 0.828. The van der Waals surface area contributed by atoms with E-state index in [2.05, 4.69) is 24.1 Å². The lowest BCUT2D eigenvalue weighted by molar-refractivity contribution is 0.203. The zero-order valence-corrected chi connectivity index (χ0v) is 7.51. The molecule has 1 N–H and O–H groups in total. The van der Waals surface area contributed by atoms with E-state index in [1.165, 1.54) is 26.1 Å². The molecule has 0 aromatic carbocycles. The van der Waals surface area contributed by atoms with Gasteiger partial charge in [-0.3, -0.25) is 4.90 Å². The molecule has 0 aliphatic carbocycles. The molecule has 0 spiro atoms. The second kappa shape index (κ2) is 2.76. The van der Waals surface area contributed by atoms with Gasteiger partial charge in [0, 0.05) is 31.7 Å². The fraction of sp³-hybridized carbons (Fsp3) is 1.00. The topological polar surface area (TPSA) is 15.3 Å². The van der Waals surface area contributed by atoms with Crippen molar-refractivity contribution >= 4 is 0 Å². The highest BCUT2D eigenvalue weighted by molar-refractivity contribution is 4.97. The van der Waals surface area contributed by atoms with E-state index >= 15 is 0 Å². The molecule has 11 heavy (non-hydrogen) atoms. The molecule has 64 valence electrons. The summed E-state index contributed by atoms with van der Waals surface area (Å²) in [6.07, 6.45) is 1.40. The lowest BCUT2D eigenvalue weighted by atomic mass is 10.2. The minimum Gasteiger partial charge on any atom is -0.311 e. The third-order valence-corrected chi connectivity index (χ3v) is 2.77. The predicted molar refractivity (Wildman–Crippen MR) is 46.6 cm³/mol. The van der Waals surface area contributed by atoms with Crippen molar-refractivity contribution in [2.45, 2.75) is 32.4 Å². The molecule has 1 unspecified atom stereocenters. The maximum Gasteiger partial charge on any atom is 0.0236 e. The summed E-state index contributed by atoms with van der Waals surface area (Å²) in [6, 6.07) is 1.68. The smallest absolute Gasteiger partial charge is 0.0236 e. The summed E-state index contributed by atoms with van der Waals surface area (Å²) in [7, 11) is 0. The van der Waals surface area contributed by atoms with E-state index in [0.29, 0.717) is 0 Å². The molecular formula is C9H18N2. The van der Waals surface area contributed by atoms with Gasteiger partial charge >= 0.3 is 0 Å². The summed E-state index contributed by atoms with van der Waals surface area (Å²) < 4.78 is 0. The van der Waals surface area contributed by atoms with Crippen LogP contribution in [-0.4, -0.2) is 36.6 Å². The maximum absolute atomic E-state index is 3.52. The summed E-state index contributed by atoms with van der Waals surface area (Å²) in [4.78, 5) is 2.64. The maximum atomic E-state index is 3.52. The molecule has 2 fully saturated rings. The predicted octanol–water partition coefficient (Wildman–Crippen LogP) is 0.688. The first-order chi connectivity index (χ1) is 5.25. The fourth-order valence-corrected chi connectivity index (χ4v) is 2.34. The highest BCUT2D eigenvalue weighted by Crippen LogP contribution is 2.23. The van der Waals surface area contributed by atoms with Crippen molar-refractivity contribution in [1.29, 1.82) is 0 Å². The summed E-state index contributed by atoms with van der Waals surface area (Å²) >= 11 is 0. The zero-order valence-electron chi connectivity index (χ0n) is 7.51.